The van der Waals surface area contributed by atoms with E-state index >= 15 is 0 Å². The van der Waals surface area contributed by atoms with E-state index in [0.29, 0.717) is 5.89 Å². The molecule has 4 saturated carbocycles. The van der Waals surface area contributed by atoms with Gasteiger partial charge in [-0.2, -0.15) is 0 Å². The number of rotatable bonds is 4. The van der Waals surface area contributed by atoms with Gasteiger partial charge in [-0.05, 0) is 216 Å². The van der Waals surface area contributed by atoms with Crippen LogP contribution in [0.5, 0.6) is 0 Å². The van der Waals surface area contributed by atoms with Crippen molar-refractivity contribution in [1.82, 2.24) is 4.98 Å². The number of oxazole rings is 1. The van der Waals surface area contributed by atoms with Gasteiger partial charge in [-0.15, -0.1) is 0 Å². The van der Waals surface area contributed by atoms with Crippen molar-refractivity contribution in [3.63, 3.8) is 0 Å². The van der Waals surface area contributed by atoms with Crippen molar-refractivity contribution in [3.8, 4) is 11.5 Å². The van der Waals surface area contributed by atoms with E-state index in [1.165, 1.54) is 122 Å². The molecule has 3 heterocycles. The van der Waals surface area contributed by atoms with E-state index < -0.39 is 0 Å². The Balaban J connectivity index is 1.22. The molecule has 0 N–H and O–H groups in total. The van der Waals surface area contributed by atoms with Crippen molar-refractivity contribution in [1.29, 1.82) is 0 Å². The molecule has 0 radical (unpaired) electrons. The molecule has 4 aliphatic carbocycles. The van der Waals surface area contributed by atoms with Gasteiger partial charge in [0.1, 0.15) is 5.52 Å². The fourth-order valence-electron chi connectivity index (χ4n) is 14.7. The highest BCUT2D eigenvalue weighted by atomic mass is 16.3. The number of benzene rings is 6. The summed E-state index contributed by atoms with van der Waals surface area (Å²) in [6.45, 7) is 42.4. The van der Waals surface area contributed by atoms with Crippen molar-refractivity contribution in [2.75, 3.05) is 9.80 Å². The molecular formula is C71H86BN3O. The number of fused-ring (bicyclic) bond motifs is 5. The minimum Gasteiger partial charge on any atom is -0.436 e. The average molecular weight is 1010 g/mol. The number of aromatic nitrogens is 1. The van der Waals surface area contributed by atoms with Crippen molar-refractivity contribution in [3.05, 3.63) is 142 Å². The largest absolute Gasteiger partial charge is 0.436 e. The zero-order valence-corrected chi connectivity index (χ0v) is 49.6. The highest BCUT2D eigenvalue weighted by Crippen LogP contribution is 2.62. The van der Waals surface area contributed by atoms with Crippen LogP contribution in [0.4, 0.5) is 34.1 Å². The van der Waals surface area contributed by atoms with Crippen molar-refractivity contribution >= 4 is 68.3 Å². The number of hydrogen-bond donors (Lipinski definition) is 0. The molecule has 4 nitrogen and oxygen atoms in total. The first kappa shape index (κ1) is 51.2. The first-order valence-corrected chi connectivity index (χ1v) is 29.1. The Bertz CT molecular complexity index is 3370. The summed E-state index contributed by atoms with van der Waals surface area (Å²) in [5.74, 6) is 3.09. The minimum absolute atomic E-state index is 0.0475. The number of anilines is 6. The fraction of sp³-hybridized carbons (Fsp3) is 0.479. The summed E-state index contributed by atoms with van der Waals surface area (Å²) in [6.07, 6.45) is 8.12. The van der Waals surface area contributed by atoms with Crippen LogP contribution in [-0.2, 0) is 37.9 Å². The molecule has 4 fully saturated rings. The van der Waals surface area contributed by atoms with E-state index in [2.05, 4.69) is 238 Å². The zero-order chi connectivity index (χ0) is 54.2. The highest BCUT2D eigenvalue weighted by molar-refractivity contribution is 7.00. The first-order valence-electron chi connectivity index (χ1n) is 29.1. The summed E-state index contributed by atoms with van der Waals surface area (Å²) in [4.78, 5) is 10.8. The van der Waals surface area contributed by atoms with E-state index in [1.807, 2.05) is 0 Å². The Labute approximate surface area is 457 Å². The Kier molecular flexibility index (Phi) is 11.3. The van der Waals surface area contributed by atoms with E-state index in [0.717, 1.165) is 34.4 Å². The summed E-state index contributed by atoms with van der Waals surface area (Å²) < 4.78 is 7.01. The highest BCUT2D eigenvalue weighted by Gasteiger charge is 2.53. The van der Waals surface area contributed by atoms with E-state index in [1.54, 1.807) is 5.56 Å². The van der Waals surface area contributed by atoms with Crippen LogP contribution in [0.15, 0.2) is 108 Å². The zero-order valence-electron chi connectivity index (χ0n) is 49.6. The van der Waals surface area contributed by atoms with E-state index in [-0.39, 0.29) is 44.6 Å². The lowest BCUT2D eigenvalue weighted by Crippen LogP contribution is -2.62. The molecule has 13 rings (SSSR count). The predicted molar refractivity (Wildman–Crippen MR) is 326 cm³/mol. The monoisotopic (exact) mass is 1010 g/mol. The number of nitrogens with zero attached hydrogens (tertiary/aromatic N) is 3. The maximum Gasteiger partial charge on any atom is 0.252 e. The Morgan fingerprint density at radius 1 is 0.434 bits per heavy atom. The van der Waals surface area contributed by atoms with Crippen LogP contribution in [-0.4, -0.2) is 11.7 Å². The lowest BCUT2D eigenvalue weighted by atomic mass is 9.33. The molecule has 2 aliphatic heterocycles. The normalized spacial score (nSPS) is 21.3. The minimum atomic E-state index is -0.0763. The molecule has 6 aromatic carbocycles. The van der Waals surface area contributed by atoms with Gasteiger partial charge in [0.2, 0.25) is 5.89 Å². The third-order valence-corrected chi connectivity index (χ3v) is 18.9. The average Bonchev–Trinajstić information content (AvgIpc) is 3.88. The summed E-state index contributed by atoms with van der Waals surface area (Å²) in [7, 11) is 0. The van der Waals surface area contributed by atoms with Crippen LogP contribution in [0.2, 0.25) is 0 Å². The quantitative estimate of drug-likeness (QED) is 0.165. The summed E-state index contributed by atoms with van der Waals surface area (Å²) in [5.41, 5.74) is 23.8. The second-order valence-corrected chi connectivity index (χ2v) is 31.0. The van der Waals surface area contributed by atoms with Gasteiger partial charge < -0.3 is 14.2 Å². The molecule has 7 aromatic rings. The van der Waals surface area contributed by atoms with Crippen LogP contribution in [0.1, 0.15) is 202 Å². The molecule has 1 aromatic heterocycles. The molecule has 0 atom stereocenters. The topological polar surface area (TPSA) is 32.5 Å². The molecule has 0 spiro atoms. The van der Waals surface area contributed by atoms with Gasteiger partial charge in [0.05, 0.1) is 0 Å². The summed E-state index contributed by atoms with van der Waals surface area (Å²) in [5, 5.41) is 0. The Hall–Kier alpha value is -5.55. The molecule has 4 bridgehead atoms. The first-order chi connectivity index (χ1) is 35.3. The molecule has 0 amide bonds. The van der Waals surface area contributed by atoms with Gasteiger partial charge in [0.15, 0.2) is 5.58 Å². The fourth-order valence-corrected chi connectivity index (χ4v) is 14.7. The molecule has 0 saturated heterocycles. The Morgan fingerprint density at radius 2 is 0.855 bits per heavy atom. The molecular weight excluding hydrogens is 922 g/mol. The lowest BCUT2D eigenvalue weighted by molar-refractivity contribution is -0.00514. The second-order valence-electron chi connectivity index (χ2n) is 31.0. The van der Waals surface area contributed by atoms with Crippen LogP contribution < -0.4 is 26.2 Å². The van der Waals surface area contributed by atoms with Gasteiger partial charge in [0.25, 0.3) is 6.71 Å². The van der Waals surface area contributed by atoms with Crippen LogP contribution in [0, 0.1) is 17.8 Å². The molecule has 76 heavy (non-hydrogen) atoms. The van der Waals surface area contributed by atoms with Gasteiger partial charge in [-0.25, -0.2) is 4.98 Å². The van der Waals surface area contributed by atoms with Crippen molar-refractivity contribution in [2.24, 2.45) is 17.8 Å². The van der Waals surface area contributed by atoms with Gasteiger partial charge in [-0.3, -0.25) is 0 Å². The lowest BCUT2D eigenvalue weighted by Gasteiger charge is -2.57. The van der Waals surface area contributed by atoms with Gasteiger partial charge in [0, 0.05) is 39.7 Å². The SMILES string of the molecule is CC(C)(C)c1ccc(-c2nc3cc4c(cc3o2)B2c3cc(C(C)(C)C)ccc3N(c3cc(C(C)(C)C)cc(C(C)(C)C)c3)c3cc(C56CC7CC(CC(C7)C5)C6)cc(c32)N4c2cc(C(C)(C)C)cc(C(C)(C)C)c2)cc1. The number of hydrogen-bond acceptors (Lipinski definition) is 4. The molecule has 0 unspecified atom stereocenters. The van der Waals surface area contributed by atoms with E-state index in [4.69, 9.17) is 9.40 Å². The van der Waals surface area contributed by atoms with Crippen molar-refractivity contribution < 1.29 is 4.42 Å². The smallest absolute Gasteiger partial charge is 0.252 e. The molecule has 394 valence electrons. The summed E-state index contributed by atoms with van der Waals surface area (Å²) in [6, 6.07) is 41.7. The van der Waals surface area contributed by atoms with Gasteiger partial charge >= 0.3 is 0 Å². The predicted octanol–water partition coefficient (Wildman–Crippen LogP) is 17.8. The van der Waals surface area contributed by atoms with Crippen LogP contribution >= 0.6 is 0 Å². The third kappa shape index (κ3) is 8.59. The molecule has 5 heteroatoms. The maximum atomic E-state index is 7.01. The van der Waals surface area contributed by atoms with Crippen LogP contribution in [0.3, 0.4) is 0 Å². The Morgan fingerprint density at radius 3 is 1.30 bits per heavy atom. The van der Waals surface area contributed by atoms with Gasteiger partial charge in [-0.1, -0.05) is 161 Å². The van der Waals surface area contributed by atoms with E-state index in [9.17, 15) is 0 Å². The standard InChI is InChI=1S/C71H86BN3O/c1-65(2,3)46-21-19-45(20-22-46)64-73-57-38-59-56(37-62(57)76-64)72-55-34-47(66(4,5)6)23-24-58(55)74(53-30-48(67(7,8)9)28-49(31-53)68(10,11)12)60-35-52(71-39-42-25-43(40-71)27-44(26-42)41-71)36-61(63(60)72)75(59)54-32-50(69(13,14)15)29-51(33-54)70(16,17)18/h19-24,28-38,42-44H,25-27,39-41H2,1-18H3. The third-order valence-electron chi connectivity index (χ3n) is 18.9. The van der Waals surface area contributed by atoms with Crippen LogP contribution in [0.25, 0.3) is 22.6 Å². The summed E-state index contributed by atoms with van der Waals surface area (Å²) >= 11 is 0. The molecule has 6 aliphatic rings. The maximum absolute atomic E-state index is 7.01. The second kappa shape index (κ2) is 16.7. The van der Waals surface area contributed by atoms with Crippen molar-refractivity contribution in [2.45, 2.75) is 201 Å².